The van der Waals surface area contributed by atoms with E-state index in [1.807, 2.05) is 58.0 Å². The van der Waals surface area contributed by atoms with Gasteiger partial charge in [0.25, 0.3) is 0 Å². The van der Waals surface area contributed by atoms with Crippen LogP contribution < -0.4 is 15.0 Å². The van der Waals surface area contributed by atoms with Crippen molar-refractivity contribution >= 4 is 25.3 Å². The molecule has 1 atom stereocenters. The van der Waals surface area contributed by atoms with Crippen LogP contribution in [0.25, 0.3) is 11.1 Å². The van der Waals surface area contributed by atoms with E-state index in [2.05, 4.69) is 15.6 Å². The van der Waals surface area contributed by atoms with Gasteiger partial charge in [0.1, 0.15) is 17.7 Å². The van der Waals surface area contributed by atoms with Gasteiger partial charge >= 0.3 is 13.7 Å². The number of anilines is 1. The number of aromatic nitrogens is 3. The number of cyclic esters (lactones) is 1. The highest BCUT2D eigenvalue weighted by molar-refractivity contribution is 6.23. The van der Waals surface area contributed by atoms with Crippen LogP contribution in [0.2, 0.25) is 0 Å². The molecular formula is C31H33BFN6O5. The predicted molar refractivity (Wildman–Crippen MR) is 162 cm³/mol. The van der Waals surface area contributed by atoms with Crippen molar-refractivity contribution in [2.75, 3.05) is 32.2 Å². The van der Waals surface area contributed by atoms with E-state index in [-0.39, 0.29) is 19.0 Å². The lowest BCUT2D eigenvalue weighted by molar-refractivity contribution is -0.119. The lowest BCUT2D eigenvalue weighted by atomic mass is 10.0. The number of nitrogens with zero attached hydrogens (tertiary/aromatic N) is 5. The molecule has 1 aromatic heterocycles. The Bertz CT molecular complexity index is 1580. The van der Waals surface area contributed by atoms with Crippen LogP contribution in [0.1, 0.15) is 23.7 Å². The number of halogens is 1. The maximum Gasteiger partial charge on any atom is 0.414 e. The highest BCUT2D eigenvalue weighted by Crippen LogP contribution is 2.29. The minimum atomic E-state index is -0.575. The van der Waals surface area contributed by atoms with Gasteiger partial charge in [0.05, 0.1) is 44.3 Å². The number of hydrogen-bond acceptors (Lipinski definition) is 8. The van der Waals surface area contributed by atoms with Crippen molar-refractivity contribution in [1.29, 1.82) is 0 Å². The van der Waals surface area contributed by atoms with Crippen LogP contribution in [0.5, 0.6) is 5.75 Å². The molecule has 0 aliphatic carbocycles. The summed E-state index contributed by atoms with van der Waals surface area (Å²) in [7, 11) is 4.89. The molecule has 1 aliphatic heterocycles. The van der Waals surface area contributed by atoms with Gasteiger partial charge in [-0.3, -0.25) is 9.69 Å². The first-order valence-corrected chi connectivity index (χ1v) is 14.0. The van der Waals surface area contributed by atoms with Gasteiger partial charge in [-0.1, -0.05) is 41.6 Å². The molecule has 0 saturated carbocycles. The van der Waals surface area contributed by atoms with E-state index in [4.69, 9.17) is 14.1 Å². The predicted octanol–water partition coefficient (Wildman–Crippen LogP) is 3.79. The molecule has 1 fully saturated rings. The molecule has 1 saturated heterocycles. The molecule has 0 unspecified atom stereocenters. The molecule has 227 valence electrons. The Balaban J connectivity index is 1.22. The van der Waals surface area contributed by atoms with E-state index in [1.165, 1.54) is 17.9 Å². The van der Waals surface area contributed by atoms with Crippen molar-refractivity contribution in [2.45, 2.75) is 32.7 Å². The number of methoxy groups -OCH3 is 1. The van der Waals surface area contributed by atoms with Crippen molar-refractivity contribution in [1.82, 2.24) is 25.1 Å². The van der Waals surface area contributed by atoms with Crippen molar-refractivity contribution in [3.05, 3.63) is 95.6 Å². The molecule has 2 amide bonds. The van der Waals surface area contributed by atoms with Gasteiger partial charge in [-0.05, 0) is 47.0 Å². The highest BCUT2D eigenvalue weighted by Gasteiger charge is 2.32. The fourth-order valence-corrected chi connectivity index (χ4v) is 4.95. The topological polar surface area (TPSA) is 111 Å². The standard InChI is InChI=1S/C31H33BFN6O5/c1-21(40)34-16-28-20-38(31(41)44-28)25-10-13-29(30(33)14-25)24-8-4-22(5-9-24)17-37(32-43-3)19-26-15-35-36-39(26)18-23-6-11-27(42-2)12-7-23/h4-15,28H,16-20H2,1-3H3,(H,34,40)/t28-/m0/s1. The minimum absolute atomic E-state index is 0.203. The summed E-state index contributed by atoms with van der Waals surface area (Å²) >= 11 is 0. The van der Waals surface area contributed by atoms with Crippen LogP contribution in [0.4, 0.5) is 14.9 Å². The zero-order chi connectivity index (χ0) is 31.1. The van der Waals surface area contributed by atoms with E-state index >= 15 is 4.39 Å². The van der Waals surface area contributed by atoms with Crippen LogP contribution in [0.3, 0.4) is 0 Å². The Hall–Kier alpha value is -4.75. The summed E-state index contributed by atoms with van der Waals surface area (Å²) in [5, 5.41) is 11.0. The third-order valence-electron chi connectivity index (χ3n) is 7.18. The van der Waals surface area contributed by atoms with E-state index < -0.39 is 18.0 Å². The van der Waals surface area contributed by atoms with Crippen LogP contribution in [0.15, 0.2) is 72.9 Å². The SMILES string of the molecule is CO[B]N(Cc1ccc(-c2ccc(N3C[C@H](CNC(C)=O)OC3=O)cc2F)cc1)Cc1cnnn1Cc1ccc(OC)cc1. The molecule has 11 nitrogen and oxygen atoms in total. The molecule has 0 spiro atoms. The van der Waals surface area contributed by atoms with Crippen LogP contribution >= 0.6 is 0 Å². The van der Waals surface area contributed by atoms with Gasteiger partial charge in [-0.15, -0.1) is 5.10 Å². The Labute approximate surface area is 255 Å². The minimum Gasteiger partial charge on any atom is -0.497 e. The first-order valence-electron chi connectivity index (χ1n) is 14.0. The smallest absolute Gasteiger partial charge is 0.414 e. The zero-order valence-electron chi connectivity index (χ0n) is 24.8. The van der Waals surface area contributed by atoms with Gasteiger partial charge in [-0.2, -0.15) is 0 Å². The summed E-state index contributed by atoms with van der Waals surface area (Å²) in [5.74, 6) is 0.124. The largest absolute Gasteiger partial charge is 0.497 e. The third-order valence-corrected chi connectivity index (χ3v) is 7.18. The average molecular weight is 599 g/mol. The number of benzene rings is 3. The Morgan fingerprint density at radius 2 is 1.84 bits per heavy atom. The summed E-state index contributed by atoms with van der Waals surface area (Å²) < 4.78 is 33.0. The fourth-order valence-electron chi connectivity index (χ4n) is 4.95. The van der Waals surface area contributed by atoms with Gasteiger partial charge < -0.3 is 24.3 Å². The molecule has 1 N–H and O–H groups in total. The quantitative estimate of drug-likeness (QED) is 0.231. The second kappa shape index (κ2) is 14.2. The zero-order valence-corrected chi connectivity index (χ0v) is 24.8. The number of hydrogen-bond donors (Lipinski definition) is 1. The number of nitrogens with one attached hydrogen (secondary N) is 1. The lowest BCUT2D eigenvalue weighted by Gasteiger charge is -2.20. The Morgan fingerprint density at radius 1 is 1.09 bits per heavy atom. The first-order chi connectivity index (χ1) is 21.3. The van der Waals surface area contributed by atoms with Gasteiger partial charge in [-0.25, -0.2) is 13.9 Å². The fraction of sp³-hybridized carbons (Fsp3) is 0.290. The summed E-state index contributed by atoms with van der Waals surface area (Å²) in [4.78, 5) is 26.9. The molecule has 44 heavy (non-hydrogen) atoms. The van der Waals surface area contributed by atoms with Crippen LogP contribution in [0, 0.1) is 5.82 Å². The number of carbonyl (C=O) groups excluding carboxylic acids is 2. The number of amides is 2. The monoisotopic (exact) mass is 599 g/mol. The number of rotatable bonds is 13. The summed E-state index contributed by atoms with van der Waals surface area (Å²) in [6.07, 6.45) is 0.663. The van der Waals surface area contributed by atoms with Crippen molar-refractivity contribution in [2.24, 2.45) is 0 Å². The Kier molecular flexibility index (Phi) is 9.87. The van der Waals surface area contributed by atoms with Gasteiger partial charge in [0, 0.05) is 32.7 Å². The van der Waals surface area contributed by atoms with Crippen molar-refractivity contribution in [3.8, 4) is 16.9 Å². The van der Waals surface area contributed by atoms with E-state index in [9.17, 15) is 9.59 Å². The van der Waals surface area contributed by atoms with Crippen LogP contribution in [-0.2, 0) is 33.8 Å². The molecule has 4 aromatic rings. The number of ether oxygens (including phenoxy) is 2. The number of carbonyl (C=O) groups is 2. The first kappa shape index (κ1) is 30.7. The summed E-state index contributed by atoms with van der Waals surface area (Å²) in [6, 6.07) is 20.1. The Morgan fingerprint density at radius 3 is 2.52 bits per heavy atom. The van der Waals surface area contributed by atoms with Crippen molar-refractivity contribution < 1.29 is 28.1 Å². The van der Waals surface area contributed by atoms with E-state index in [0.29, 0.717) is 36.4 Å². The maximum absolute atomic E-state index is 15.2. The molecule has 1 aliphatic rings. The molecular weight excluding hydrogens is 566 g/mol. The summed E-state index contributed by atoms with van der Waals surface area (Å²) in [5.41, 5.74) is 4.49. The van der Waals surface area contributed by atoms with Gasteiger partial charge in [0.2, 0.25) is 5.91 Å². The lowest BCUT2D eigenvalue weighted by Crippen LogP contribution is -2.33. The molecule has 1 radical (unpaired) electrons. The molecule has 3 aromatic carbocycles. The van der Waals surface area contributed by atoms with E-state index in [1.54, 1.807) is 40.2 Å². The molecule has 13 heteroatoms. The van der Waals surface area contributed by atoms with Gasteiger partial charge in [0.15, 0.2) is 0 Å². The van der Waals surface area contributed by atoms with Crippen molar-refractivity contribution in [3.63, 3.8) is 0 Å². The van der Waals surface area contributed by atoms with E-state index in [0.717, 1.165) is 22.6 Å². The highest BCUT2D eigenvalue weighted by atomic mass is 19.1. The van der Waals surface area contributed by atoms with Crippen LogP contribution in [-0.4, -0.2) is 72.8 Å². The molecule has 5 rings (SSSR count). The maximum atomic E-state index is 15.2. The normalized spacial score (nSPS) is 14.5. The average Bonchev–Trinajstić information content (AvgIpc) is 3.62. The second-order valence-electron chi connectivity index (χ2n) is 10.4. The molecule has 0 bridgehead atoms. The summed E-state index contributed by atoms with van der Waals surface area (Å²) in [6.45, 7) is 3.44. The second-order valence-corrected chi connectivity index (χ2v) is 10.4. The molecule has 2 heterocycles. The third kappa shape index (κ3) is 7.60.